The van der Waals surface area contributed by atoms with Crippen LogP contribution in [-0.2, 0) is 6.54 Å². The van der Waals surface area contributed by atoms with E-state index in [1.165, 1.54) is 37.9 Å². The summed E-state index contributed by atoms with van der Waals surface area (Å²) in [4.78, 5) is 15.5. The summed E-state index contributed by atoms with van der Waals surface area (Å²) in [5.41, 5.74) is 0.431. The molecule has 0 spiro atoms. The lowest BCUT2D eigenvalue weighted by atomic mass is 9.92. The predicted molar refractivity (Wildman–Crippen MR) is 127 cm³/mol. The number of aliphatic hydroxyl groups is 1. The number of likely N-dealkylation sites (tertiary alicyclic amines) is 1. The van der Waals surface area contributed by atoms with E-state index in [9.17, 15) is 5.11 Å². The number of ether oxygens (including phenoxy) is 1. The average Bonchev–Trinajstić information content (AvgIpc) is 2.80. The maximum atomic E-state index is 11.3. The molecule has 2 fully saturated rings. The number of piperidine rings is 2. The molecular weight excluding hydrogens is 402 g/mol. The normalized spacial score (nSPS) is 22.3. The summed E-state index contributed by atoms with van der Waals surface area (Å²) in [6.07, 6.45) is 9.21. The van der Waals surface area contributed by atoms with Gasteiger partial charge in [0.15, 0.2) is 0 Å². The van der Waals surface area contributed by atoms with Crippen molar-refractivity contribution in [1.82, 2.24) is 19.8 Å². The van der Waals surface area contributed by atoms with Crippen LogP contribution in [0.1, 0.15) is 37.7 Å². The minimum atomic E-state index is -0.769. The minimum Gasteiger partial charge on any atom is -0.492 e. The Hall–Kier alpha value is -2.22. The Morgan fingerprint density at radius 2 is 1.88 bits per heavy atom. The van der Waals surface area contributed by atoms with Crippen LogP contribution in [0.2, 0.25) is 0 Å². The van der Waals surface area contributed by atoms with Crippen LogP contribution in [0.3, 0.4) is 0 Å². The highest BCUT2D eigenvalue weighted by atomic mass is 16.5. The number of hydrogen-bond acceptors (Lipinski definition) is 7. The van der Waals surface area contributed by atoms with Crippen LogP contribution >= 0.6 is 0 Å². The lowest BCUT2D eigenvalue weighted by molar-refractivity contribution is -0.00366. The van der Waals surface area contributed by atoms with Gasteiger partial charge in [-0.3, -0.25) is 9.80 Å². The highest BCUT2D eigenvalue weighted by Crippen LogP contribution is 2.25. The summed E-state index contributed by atoms with van der Waals surface area (Å²) in [6.45, 7) is 6.95. The summed E-state index contributed by atoms with van der Waals surface area (Å²) in [5.74, 6) is 1.62. The molecule has 174 valence electrons. The molecule has 0 amide bonds. The topological polar surface area (TPSA) is 65.0 Å². The van der Waals surface area contributed by atoms with Gasteiger partial charge in [0.2, 0.25) is 5.95 Å². The summed E-state index contributed by atoms with van der Waals surface area (Å²) < 4.78 is 6.03. The zero-order valence-electron chi connectivity index (χ0n) is 19.3. The molecule has 2 aliphatic heterocycles. The number of anilines is 1. The second-order valence-corrected chi connectivity index (χ2v) is 9.37. The number of rotatable bonds is 9. The van der Waals surface area contributed by atoms with Crippen LogP contribution in [0, 0.1) is 0 Å². The Kier molecular flexibility index (Phi) is 7.95. The number of benzene rings is 1. The lowest BCUT2D eigenvalue weighted by Crippen LogP contribution is -2.54. The highest BCUT2D eigenvalue weighted by Gasteiger charge is 2.35. The number of β-amino-alcohol motifs (C(OH)–C–C–N with tert-alkyl or cyclic N) is 1. The second kappa shape index (κ2) is 11.1. The van der Waals surface area contributed by atoms with E-state index in [0.717, 1.165) is 44.8 Å². The smallest absolute Gasteiger partial charge is 0.225 e. The van der Waals surface area contributed by atoms with E-state index >= 15 is 0 Å². The second-order valence-electron chi connectivity index (χ2n) is 9.37. The summed E-state index contributed by atoms with van der Waals surface area (Å²) in [6, 6.07) is 10.2. The molecule has 1 atom stereocenters. The fourth-order valence-corrected chi connectivity index (χ4v) is 4.95. The van der Waals surface area contributed by atoms with Crippen molar-refractivity contribution in [3.05, 3.63) is 48.3 Å². The SMILES string of the molecule is CN(Cc1cccc(OCCN2CCCCC2)c1)CC1(O)CCCN(c2ncccn2)C1. The fraction of sp³-hybridized carbons (Fsp3) is 0.600. The molecule has 32 heavy (non-hydrogen) atoms. The number of nitrogens with zero attached hydrogens (tertiary/aromatic N) is 5. The zero-order valence-corrected chi connectivity index (χ0v) is 19.3. The molecule has 0 saturated carbocycles. The van der Waals surface area contributed by atoms with Crippen molar-refractivity contribution in [2.24, 2.45) is 0 Å². The van der Waals surface area contributed by atoms with E-state index in [1.807, 2.05) is 12.1 Å². The molecule has 0 bridgehead atoms. The van der Waals surface area contributed by atoms with Crippen LogP contribution in [0.15, 0.2) is 42.7 Å². The molecule has 4 rings (SSSR count). The summed E-state index contributed by atoms with van der Waals surface area (Å²) in [7, 11) is 2.07. The van der Waals surface area contributed by atoms with Gasteiger partial charge in [-0.15, -0.1) is 0 Å². The molecular formula is C25H37N5O2. The Labute approximate surface area is 192 Å². The number of likely N-dealkylation sites (N-methyl/N-ethyl adjacent to an activating group) is 1. The predicted octanol–water partition coefficient (Wildman–Crippen LogP) is 2.80. The van der Waals surface area contributed by atoms with Gasteiger partial charge in [0, 0.05) is 38.6 Å². The first kappa shape index (κ1) is 23.0. The lowest BCUT2D eigenvalue weighted by Gasteiger charge is -2.41. The molecule has 2 aromatic rings. The van der Waals surface area contributed by atoms with E-state index in [4.69, 9.17) is 4.74 Å². The van der Waals surface area contributed by atoms with Gasteiger partial charge in [0.1, 0.15) is 12.4 Å². The van der Waals surface area contributed by atoms with Gasteiger partial charge in [0.05, 0.1) is 12.1 Å². The van der Waals surface area contributed by atoms with E-state index in [0.29, 0.717) is 19.0 Å². The average molecular weight is 440 g/mol. The Morgan fingerprint density at radius 1 is 1.06 bits per heavy atom. The Balaban J connectivity index is 1.26. The third kappa shape index (κ3) is 6.64. The van der Waals surface area contributed by atoms with Crippen molar-refractivity contribution < 1.29 is 9.84 Å². The van der Waals surface area contributed by atoms with E-state index in [1.54, 1.807) is 12.4 Å². The van der Waals surface area contributed by atoms with E-state index < -0.39 is 5.60 Å². The Morgan fingerprint density at radius 3 is 2.69 bits per heavy atom. The van der Waals surface area contributed by atoms with Gasteiger partial charge in [-0.05, 0) is 69.6 Å². The molecule has 2 aliphatic rings. The van der Waals surface area contributed by atoms with Crippen LogP contribution in [0.5, 0.6) is 5.75 Å². The van der Waals surface area contributed by atoms with Crippen molar-refractivity contribution in [3.8, 4) is 5.75 Å². The van der Waals surface area contributed by atoms with Crippen LogP contribution in [-0.4, -0.2) is 83.4 Å². The summed E-state index contributed by atoms with van der Waals surface area (Å²) >= 11 is 0. The molecule has 1 aromatic carbocycles. The minimum absolute atomic E-state index is 0.557. The molecule has 7 nitrogen and oxygen atoms in total. The van der Waals surface area contributed by atoms with Gasteiger partial charge in [-0.2, -0.15) is 0 Å². The molecule has 1 unspecified atom stereocenters. The van der Waals surface area contributed by atoms with Gasteiger partial charge in [0.25, 0.3) is 0 Å². The fourth-order valence-electron chi connectivity index (χ4n) is 4.95. The van der Waals surface area contributed by atoms with Gasteiger partial charge >= 0.3 is 0 Å². The maximum Gasteiger partial charge on any atom is 0.225 e. The van der Waals surface area contributed by atoms with E-state index in [-0.39, 0.29) is 0 Å². The molecule has 7 heteroatoms. The molecule has 1 N–H and O–H groups in total. The van der Waals surface area contributed by atoms with Crippen LogP contribution in [0.4, 0.5) is 5.95 Å². The molecule has 3 heterocycles. The van der Waals surface area contributed by atoms with Crippen LogP contribution in [0.25, 0.3) is 0 Å². The monoisotopic (exact) mass is 439 g/mol. The number of aromatic nitrogens is 2. The third-order valence-corrected chi connectivity index (χ3v) is 6.43. The first-order valence-electron chi connectivity index (χ1n) is 12.0. The molecule has 1 aromatic heterocycles. The van der Waals surface area contributed by atoms with E-state index in [2.05, 4.69) is 49.9 Å². The van der Waals surface area contributed by atoms with Crippen molar-refractivity contribution in [3.63, 3.8) is 0 Å². The van der Waals surface area contributed by atoms with Crippen LogP contribution < -0.4 is 9.64 Å². The first-order valence-corrected chi connectivity index (χ1v) is 12.0. The largest absolute Gasteiger partial charge is 0.492 e. The number of hydrogen-bond donors (Lipinski definition) is 1. The molecule has 2 saturated heterocycles. The van der Waals surface area contributed by atoms with Gasteiger partial charge in [-0.25, -0.2) is 9.97 Å². The van der Waals surface area contributed by atoms with Crippen molar-refractivity contribution in [1.29, 1.82) is 0 Å². The van der Waals surface area contributed by atoms with Crippen molar-refractivity contribution >= 4 is 5.95 Å². The standard InChI is InChI=1S/C25H37N5O2/c1-28(20-25(31)10-6-15-30(21-25)24-26-11-7-12-27-24)19-22-8-5-9-23(18-22)32-17-16-29-13-3-2-4-14-29/h5,7-9,11-12,18,31H,2-4,6,10,13-17,19-21H2,1H3. The van der Waals surface area contributed by atoms with Gasteiger partial charge in [-0.1, -0.05) is 18.6 Å². The van der Waals surface area contributed by atoms with Gasteiger partial charge < -0.3 is 14.7 Å². The van der Waals surface area contributed by atoms with Crippen molar-refractivity contribution in [2.45, 2.75) is 44.2 Å². The third-order valence-electron chi connectivity index (χ3n) is 6.43. The molecule has 0 aliphatic carbocycles. The quantitative estimate of drug-likeness (QED) is 0.644. The summed E-state index contributed by atoms with van der Waals surface area (Å²) in [5, 5.41) is 11.3. The maximum absolute atomic E-state index is 11.3. The Bertz CT molecular complexity index is 830. The highest BCUT2D eigenvalue weighted by molar-refractivity contribution is 5.31. The molecule has 0 radical (unpaired) electrons. The first-order chi connectivity index (χ1) is 15.6. The van der Waals surface area contributed by atoms with Crippen molar-refractivity contribution in [2.75, 3.05) is 57.8 Å². The zero-order chi connectivity index (χ0) is 22.2.